The molecular weight excluding hydrogens is 285 g/mol. The van der Waals surface area contributed by atoms with Gasteiger partial charge in [-0.05, 0) is 24.3 Å². The molecule has 0 aliphatic carbocycles. The number of amides is 2. The average Bonchev–Trinajstić information content (AvgIpc) is 2.78. The lowest BCUT2D eigenvalue weighted by Gasteiger charge is -2.10. The van der Waals surface area contributed by atoms with Crippen LogP contribution in [-0.2, 0) is 4.84 Å². The Morgan fingerprint density at radius 3 is 2.18 bits per heavy atom. The highest BCUT2D eigenvalue weighted by Crippen LogP contribution is 2.22. The van der Waals surface area contributed by atoms with Gasteiger partial charge in [0, 0.05) is 0 Å². The molecule has 1 aliphatic rings. The molecule has 2 aromatic rings. The minimum Gasteiger partial charge on any atom is -0.266 e. The predicted molar refractivity (Wildman–Crippen MR) is 76.2 cm³/mol. The van der Waals surface area contributed by atoms with Gasteiger partial charge in [-0.25, -0.2) is 9.23 Å². The van der Waals surface area contributed by atoms with E-state index in [0.29, 0.717) is 16.2 Å². The van der Waals surface area contributed by atoms with Crippen molar-refractivity contribution < 1.29 is 18.8 Å². The Hall–Kier alpha value is -2.97. The molecule has 0 atom stereocenters. The van der Waals surface area contributed by atoms with Crippen LogP contribution in [0, 0.1) is 17.7 Å². The van der Waals surface area contributed by atoms with Gasteiger partial charge in [-0.1, -0.05) is 36.1 Å². The first-order valence-electron chi connectivity index (χ1n) is 6.52. The monoisotopic (exact) mass is 295 g/mol. The number of nitrogens with zero attached hydrogens (tertiary/aromatic N) is 1. The van der Waals surface area contributed by atoms with Crippen LogP contribution in [0.2, 0.25) is 0 Å². The van der Waals surface area contributed by atoms with E-state index in [1.54, 1.807) is 36.4 Å². The third-order valence-electron chi connectivity index (χ3n) is 3.12. The molecule has 0 spiro atoms. The smallest absolute Gasteiger partial charge is 0.266 e. The van der Waals surface area contributed by atoms with Crippen LogP contribution in [0.15, 0.2) is 48.5 Å². The number of hydrogen-bond acceptors (Lipinski definition) is 3. The Bertz CT molecular complexity index is 785. The van der Waals surface area contributed by atoms with E-state index in [-0.39, 0.29) is 12.2 Å². The summed E-state index contributed by atoms with van der Waals surface area (Å²) in [5.41, 5.74) is 0.831. The second-order valence-electron chi connectivity index (χ2n) is 4.51. The Kier molecular flexibility index (Phi) is 3.69. The normalized spacial score (nSPS) is 12.9. The number of benzene rings is 2. The largest absolute Gasteiger partial charge is 0.285 e. The first kappa shape index (κ1) is 14.0. The van der Waals surface area contributed by atoms with Crippen molar-refractivity contribution >= 4 is 11.8 Å². The summed E-state index contributed by atoms with van der Waals surface area (Å²) >= 11 is 0. The fraction of sp³-hybridized carbons (Fsp3) is 0.0588. The van der Waals surface area contributed by atoms with Crippen molar-refractivity contribution in [1.82, 2.24) is 5.06 Å². The van der Waals surface area contributed by atoms with Crippen molar-refractivity contribution in [2.75, 3.05) is 6.61 Å². The van der Waals surface area contributed by atoms with Gasteiger partial charge in [0.2, 0.25) is 0 Å². The maximum absolute atomic E-state index is 13.4. The van der Waals surface area contributed by atoms with Gasteiger partial charge in [0.05, 0.1) is 16.7 Å². The molecule has 4 nitrogen and oxygen atoms in total. The van der Waals surface area contributed by atoms with Crippen LogP contribution in [0.3, 0.4) is 0 Å². The molecule has 0 N–H and O–H groups in total. The van der Waals surface area contributed by atoms with Crippen LogP contribution < -0.4 is 0 Å². The third-order valence-corrected chi connectivity index (χ3v) is 3.12. The van der Waals surface area contributed by atoms with Gasteiger partial charge < -0.3 is 0 Å². The molecule has 0 radical (unpaired) electrons. The van der Waals surface area contributed by atoms with E-state index in [9.17, 15) is 14.0 Å². The zero-order chi connectivity index (χ0) is 15.5. The van der Waals surface area contributed by atoms with Crippen molar-refractivity contribution in [3.05, 3.63) is 71.0 Å². The highest BCUT2D eigenvalue weighted by molar-refractivity contribution is 6.20. The molecule has 0 bridgehead atoms. The number of halogens is 1. The van der Waals surface area contributed by atoms with E-state index < -0.39 is 17.6 Å². The average molecular weight is 295 g/mol. The summed E-state index contributed by atoms with van der Waals surface area (Å²) in [6.45, 7) is -0.195. The summed E-state index contributed by atoms with van der Waals surface area (Å²) in [5, 5.41) is 0.681. The highest BCUT2D eigenvalue weighted by Gasteiger charge is 2.36. The van der Waals surface area contributed by atoms with Crippen molar-refractivity contribution in [3.8, 4) is 11.8 Å². The lowest BCUT2D eigenvalue weighted by molar-refractivity contribution is -0.0782. The number of carbonyl (C=O) groups is 2. The summed E-state index contributed by atoms with van der Waals surface area (Å²) in [4.78, 5) is 29.1. The Balaban J connectivity index is 1.68. The van der Waals surface area contributed by atoms with Crippen molar-refractivity contribution in [1.29, 1.82) is 0 Å². The molecule has 1 aliphatic heterocycles. The lowest BCUT2D eigenvalue weighted by Crippen LogP contribution is -2.30. The molecule has 3 rings (SSSR count). The van der Waals surface area contributed by atoms with Crippen LogP contribution in [0.25, 0.3) is 0 Å². The van der Waals surface area contributed by atoms with Crippen LogP contribution in [0.5, 0.6) is 0 Å². The SMILES string of the molecule is O=C1c2ccccc2C(=O)N1OCC#Cc1ccccc1F. The third kappa shape index (κ3) is 2.48. The standard InChI is InChI=1S/C17H10FNO3/c18-15-10-4-1-6-12(15)7-5-11-22-19-16(20)13-8-2-3-9-14(13)17(19)21/h1-4,6,8-10H,11H2. The zero-order valence-corrected chi connectivity index (χ0v) is 11.4. The number of fused-ring (bicyclic) bond motifs is 1. The minimum atomic E-state index is -0.520. The van der Waals surface area contributed by atoms with Gasteiger partial charge in [0.1, 0.15) is 12.4 Å². The molecule has 108 valence electrons. The first-order valence-corrected chi connectivity index (χ1v) is 6.52. The molecule has 0 aromatic heterocycles. The quantitative estimate of drug-likeness (QED) is 0.631. The van der Waals surface area contributed by atoms with E-state index >= 15 is 0 Å². The van der Waals surface area contributed by atoms with Crippen LogP contribution in [0.1, 0.15) is 26.3 Å². The van der Waals surface area contributed by atoms with E-state index in [0.717, 1.165) is 0 Å². The Morgan fingerprint density at radius 1 is 0.955 bits per heavy atom. The van der Waals surface area contributed by atoms with Gasteiger partial charge in [0.25, 0.3) is 11.8 Å². The van der Waals surface area contributed by atoms with Gasteiger partial charge in [-0.15, -0.1) is 5.06 Å². The van der Waals surface area contributed by atoms with E-state index in [4.69, 9.17) is 4.84 Å². The number of imide groups is 1. The van der Waals surface area contributed by atoms with E-state index in [1.807, 2.05) is 0 Å². The minimum absolute atomic E-state index is 0.195. The molecule has 2 amide bonds. The van der Waals surface area contributed by atoms with Crippen molar-refractivity contribution in [2.24, 2.45) is 0 Å². The zero-order valence-electron chi connectivity index (χ0n) is 11.4. The number of hydroxylamine groups is 2. The van der Waals surface area contributed by atoms with Gasteiger partial charge in [0.15, 0.2) is 0 Å². The van der Waals surface area contributed by atoms with Crippen molar-refractivity contribution in [2.45, 2.75) is 0 Å². The molecule has 22 heavy (non-hydrogen) atoms. The maximum Gasteiger partial charge on any atom is 0.285 e. The molecule has 5 heteroatoms. The molecule has 0 unspecified atom stereocenters. The van der Waals surface area contributed by atoms with E-state index in [1.165, 1.54) is 12.1 Å². The molecule has 0 fully saturated rings. The number of hydrogen-bond donors (Lipinski definition) is 0. The van der Waals surface area contributed by atoms with Gasteiger partial charge in [-0.2, -0.15) is 0 Å². The molecule has 1 heterocycles. The molecular formula is C17H10FNO3. The summed E-state index contributed by atoms with van der Waals surface area (Å²) in [6.07, 6.45) is 0. The Morgan fingerprint density at radius 2 is 1.55 bits per heavy atom. The maximum atomic E-state index is 13.4. The van der Waals surface area contributed by atoms with E-state index in [2.05, 4.69) is 11.8 Å². The highest BCUT2D eigenvalue weighted by atomic mass is 19.1. The van der Waals surface area contributed by atoms with Crippen molar-refractivity contribution in [3.63, 3.8) is 0 Å². The predicted octanol–water partition coefficient (Wildman–Crippen LogP) is 2.41. The Labute approximate surface area is 126 Å². The van der Waals surface area contributed by atoms with Gasteiger partial charge in [-0.3, -0.25) is 9.59 Å². The summed E-state index contributed by atoms with van der Waals surface area (Å²) < 4.78 is 13.4. The number of carbonyl (C=O) groups excluding carboxylic acids is 2. The second kappa shape index (κ2) is 5.80. The van der Waals surface area contributed by atoms with Crippen LogP contribution >= 0.6 is 0 Å². The fourth-order valence-corrected chi connectivity index (χ4v) is 2.08. The second-order valence-corrected chi connectivity index (χ2v) is 4.51. The summed E-state index contributed by atoms with van der Waals surface area (Å²) in [7, 11) is 0. The lowest BCUT2D eigenvalue weighted by atomic mass is 10.1. The summed E-state index contributed by atoms with van der Waals surface area (Å²) in [6, 6.07) is 12.5. The number of rotatable bonds is 2. The van der Waals surface area contributed by atoms with Gasteiger partial charge >= 0.3 is 0 Å². The fourth-order valence-electron chi connectivity index (χ4n) is 2.08. The first-order chi connectivity index (χ1) is 10.7. The molecule has 0 saturated carbocycles. The topological polar surface area (TPSA) is 46.6 Å². The molecule has 2 aromatic carbocycles. The van der Waals surface area contributed by atoms with Crippen LogP contribution in [-0.4, -0.2) is 23.5 Å². The van der Waals surface area contributed by atoms with Crippen LogP contribution in [0.4, 0.5) is 4.39 Å². The summed E-state index contributed by atoms with van der Waals surface area (Å²) in [5.74, 6) is 3.69. The molecule has 0 saturated heterocycles.